The Morgan fingerprint density at radius 2 is 1.06 bits per heavy atom. The minimum atomic E-state index is -1.08. The van der Waals surface area contributed by atoms with Crippen molar-refractivity contribution in [3.63, 3.8) is 0 Å². The first-order valence-electron chi connectivity index (χ1n) is 30.6. The molecule has 6 atom stereocenters. The van der Waals surface area contributed by atoms with Gasteiger partial charge in [-0.05, 0) is 154 Å². The summed E-state index contributed by atoms with van der Waals surface area (Å²) in [6.45, 7) is 20.0. The number of nitrogens with one attached hydrogen (secondary N) is 3. The summed E-state index contributed by atoms with van der Waals surface area (Å²) < 4.78 is 17.4. The summed E-state index contributed by atoms with van der Waals surface area (Å²) in [5, 5.41) is 21.6. The van der Waals surface area contributed by atoms with Crippen molar-refractivity contribution in [3.05, 3.63) is 161 Å². The first-order valence-corrected chi connectivity index (χ1v) is 30.6. The summed E-state index contributed by atoms with van der Waals surface area (Å²) in [6.07, 6.45) is 11.1. The van der Waals surface area contributed by atoms with Crippen LogP contribution in [-0.4, -0.2) is 76.6 Å². The van der Waals surface area contributed by atoms with Gasteiger partial charge in [-0.1, -0.05) is 171 Å². The standard InChI is InChI=1S/C53H74N2O6.C17H23NO6/c1-7-40(28-30-59-48-20-14-18-41(8-2)34-48)22-23-42(9-3)33-43(10-4)29-31-60-49-21-15-19-46(35-49)38-61-55-51(32-39(5)6)53(58)54-50(36-45-24-26-47(56)27-25-45)52(57)37-44-16-12-11-13-17-44;1-17(2,3)24-16(22)15(21)13(9-10-14(19)20)18-23-11-12-7-5-4-6-8-12/h11-21,24-27,34-35,39-40,42-43,50-51,55-56H,7-10,22-23,28-33,36-38H2,1-6H3,(H,54,58);4-8,13,18H,9-11H2,1-3H3,(H,19,20)/t40?,42?,43?,50-,51-;13-/m00/s1. The number of esters is 1. The van der Waals surface area contributed by atoms with E-state index in [1.54, 1.807) is 45.0 Å². The van der Waals surface area contributed by atoms with Gasteiger partial charge in [0.2, 0.25) is 5.91 Å². The van der Waals surface area contributed by atoms with Crippen LogP contribution in [0.15, 0.2) is 133 Å². The van der Waals surface area contributed by atoms with Crippen molar-refractivity contribution in [2.75, 3.05) is 13.2 Å². The molecule has 85 heavy (non-hydrogen) atoms. The lowest BCUT2D eigenvalue weighted by Gasteiger charge is -2.24. The Hall–Kier alpha value is -6.91. The van der Waals surface area contributed by atoms with Crippen molar-refractivity contribution in [1.82, 2.24) is 16.3 Å². The van der Waals surface area contributed by atoms with Crippen LogP contribution in [0.3, 0.4) is 0 Å². The molecule has 0 aliphatic heterocycles. The molecule has 5 aromatic rings. The second-order valence-corrected chi connectivity index (χ2v) is 23.5. The van der Waals surface area contributed by atoms with Crippen LogP contribution >= 0.6 is 0 Å². The number of aromatic hydroxyl groups is 1. The number of aryl methyl sites for hydroxylation is 1. The van der Waals surface area contributed by atoms with Crippen LogP contribution in [0.5, 0.6) is 17.2 Å². The van der Waals surface area contributed by atoms with Gasteiger partial charge in [-0.25, -0.2) is 4.79 Å². The molecule has 0 radical (unpaired) electrons. The van der Waals surface area contributed by atoms with Gasteiger partial charge in [0, 0.05) is 12.8 Å². The van der Waals surface area contributed by atoms with E-state index in [4.69, 9.17) is 29.0 Å². The molecule has 15 heteroatoms. The smallest absolute Gasteiger partial charge is 0.376 e. The van der Waals surface area contributed by atoms with E-state index in [1.165, 1.54) is 37.7 Å². The molecule has 0 heterocycles. The van der Waals surface area contributed by atoms with Crippen molar-refractivity contribution < 1.29 is 58.1 Å². The quantitative estimate of drug-likeness (QED) is 0.0141. The number of hydroxylamine groups is 2. The molecule has 0 saturated carbocycles. The van der Waals surface area contributed by atoms with Gasteiger partial charge in [-0.15, -0.1) is 0 Å². The number of phenolic OH excluding ortho intramolecular Hbond substituents is 1. The molecule has 0 aromatic heterocycles. The number of ether oxygens (including phenoxy) is 3. The number of benzene rings is 5. The van der Waals surface area contributed by atoms with E-state index >= 15 is 0 Å². The number of hydrogen-bond acceptors (Lipinski definition) is 13. The summed E-state index contributed by atoms with van der Waals surface area (Å²) >= 11 is 0. The molecule has 0 spiro atoms. The largest absolute Gasteiger partial charge is 0.508 e. The molecule has 1 amide bonds. The van der Waals surface area contributed by atoms with Crippen molar-refractivity contribution in [2.45, 2.75) is 189 Å². The van der Waals surface area contributed by atoms with Crippen molar-refractivity contribution in [1.29, 1.82) is 0 Å². The Kier molecular flexibility index (Phi) is 32.3. The number of carbonyl (C=O) groups excluding carboxylic acids is 4. The minimum Gasteiger partial charge on any atom is -0.508 e. The molecule has 0 aliphatic rings. The zero-order valence-corrected chi connectivity index (χ0v) is 51.9. The van der Waals surface area contributed by atoms with Gasteiger partial charge in [0.05, 0.1) is 32.5 Å². The van der Waals surface area contributed by atoms with E-state index in [-0.39, 0.29) is 55.8 Å². The summed E-state index contributed by atoms with van der Waals surface area (Å²) in [5.74, 6) is 0.837. The van der Waals surface area contributed by atoms with E-state index in [0.29, 0.717) is 31.3 Å². The van der Waals surface area contributed by atoms with Crippen LogP contribution in [0.4, 0.5) is 0 Å². The zero-order chi connectivity index (χ0) is 62.0. The second-order valence-electron chi connectivity index (χ2n) is 23.5. The van der Waals surface area contributed by atoms with Gasteiger partial charge < -0.3 is 29.7 Å². The van der Waals surface area contributed by atoms with E-state index in [1.807, 2.05) is 84.9 Å². The maximum absolute atomic E-state index is 13.8. The fourth-order valence-electron chi connectivity index (χ4n) is 9.73. The molecule has 0 saturated heterocycles. The van der Waals surface area contributed by atoms with Crippen LogP contribution in [-0.2, 0) is 70.9 Å². The van der Waals surface area contributed by atoms with Crippen LogP contribution in [0.1, 0.15) is 161 Å². The van der Waals surface area contributed by atoms with Crippen LogP contribution in [0.25, 0.3) is 0 Å². The summed E-state index contributed by atoms with van der Waals surface area (Å²) in [7, 11) is 0. The van der Waals surface area contributed by atoms with E-state index in [9.17, 15) is 29.1 Å². The van der Waals surface area contributed by atoms with Gasteiger partial charge in [0.25, 0.3) is 5.78 Å². The number of aliphatic carboxylic acids is 1. The van der Waals surface area contributed by atoms with Gasteiger partial charge >= 0.3 is 11.9 Å². The predicted octanol–water partition coefficient (Wildman–Crippen LogP) is 13.3. The highest BCUT2D eigenvalue weighted by molar-refractivity contribution is 6.35. The first-order chi connectivity index (χ1) is 40.8. The van der Waals surface area contributed by atoms with Gasteiger partial charge in [0.1, 0.15) is 34.9 Å². The maximum atomic E-state index is 13.8. The minimum absolute atomic E-state index is 0.0812. The highest BCUT2D eigenvalue weighted by Crippen LogP contribution is 2.29. The Labute approximate surface area is 506 Å². The third-order valence-electron chi connectivity index (χ3n) is 14.8. The van der Waals surface area contributed by atoms with E-state index in [2.05, 4.69) is 82.1 Å². The van der Waals surface area contributed by atoms with Crippen molar-refractivity contribution >= 4 is 29.4 Å². The Morgan fingerprint density at radius 1 is 0.541 bits per heavy atom. The Balaban J connectivity index is 0.000000539. The lowest BCUT2D eigenvalue weighted by molar-refractivity contribution is -0.165. The zero-order valence-electron chi connectivity index (χ0n) is 51.9. The number of carbonyl (C=O) groups is 5. The SMILES string of the molecule is CC(C)(C)OC(=O)C(=O)[C@H](CCC(=O)O)NOCc1ccccc1.CCc1cccc(OCCC(CC)CCC(CC)CC(CC)CCOc2cccc(CON[C@@H](CC(C)C)C(=O)N[C@@H](Cc3ccc(O)cc3)C(=O)Cc3ccccc3)c2)c1. The fourth-order valence-corrected chi connectivity index (χ4v) is 9.73. The molecular formula is C70H97N3O12. The molecule has 0 fully saturated rings. The number of rotatable bonds is 39. The maximum Gasteiger partial charge on any atom is 0.376 e. The Bertz CT molecular complexity index is 2710. The Morgan fingerprint density at radius 3 is 1.62 bits per heavy atom. The number of phenols is 1. The van der Waals surface area contributed by atoms with Crippen LogP contribution in [0.2, 0.25) is 0 Å². The third-order valence-corrected chi connectivity index (χ3v) is 14.8. The summed E-state index contributed by atoms with van der Waals surface area (Å²) in [6, 6.07) is 39.4. The van der Waals surface area contributed by atoms with E-state index in [0.717, 1.165) is 72.0 Å². The molecule has 15 nitrogen and oxygen atoms in total. The van der Waals surface area contributed by atoms with E-state index < -0.39 is 41.4 Å². The number of carboxylic acids is 1. The fraction of sp³-hybridized carbons (Fsp3) is 0.500. The molecule has 5 N–H and O–H groups in total. The summed E-state index contributed by atoms with van der Waals surface area (Å²) in [4.78, 5) is 73.3. The van der Waals surface area contributed by atoms with Gasteiger partial charge in [0.15, 0.2) is 5.78 Å². The average Bonchev–Trinajstić information content (AvgIpc) is 3.60. The molecular weight excluding hydrogens is 1070 g/mol. The number of Topliss-reactive ketones (excluding diaryl/α,β-unsaturated/α-hetero) is 2. The summed E-state index contributed by atoms with van der Waals surface area (Å²) in [5.41, 5.74) is 9.52. The highest BCUT2D eigenvalue weighted by atomic mass is 16.6. The highest BCUT2D eigenvalue weighted by Gasteiger charge is 2.31. The van der Waals surface area contributed by atoms with Crippen LogP contribution < -0.4 is 25.8 Å². The monoisotopic (exact) mass is 1170 g/mol. The second kappa shape index (κ2) is 38.9. The third kappa shape index (κ3) is 29.2. The molecule has 464 valence electrons. The molecule has 3 unspecified atom stereocenters. The number of ketones is 2. The predicted molar refractivity (Wildman–Crippen MR) is 334 cm³/mol. The topological polar surface area (TPSA) is 208 Å². The van der Waals surface area contributed by atoms with Crippen molar-refractivity contribution in [2.24, 2.45) is 23.7 Å². The van der Waals surface area contributed by atoms with Crippen molar-refractivity contribution in [3.8, 4) is 17.2 Å². The molecule has 0 aliphatic carbocycles. The average molecular weight is 1170 g/mol. The molecule has 5 aromatic carbocycles. The van der Waals surface area contributed by atoms with Crippen LogP contribution in [0, 0.1) is 23.7 Å². The lowest BCUT2D eigenvalue weighted by Crippen LogP contribution is -2.51. The van der Waals surface area contributed by atoms with Gasteiger partial charge in [-0.2, -0.15) is 11.0 Å². The first kappa shape index (κ1) is 70.6. The molecule has 0 bridgehead atoms. The number of carboxylic acid groups (broad SMARTS) is 1. The number of hydrogen-bond donors (Lipinski definition) is 5. The normalized spacial score (nSPS) is 13.5. The lowest BCUT2D eigenvalue weighted by atomic mass is 9.83. The molecule has 5 rings (SSSR count). The number of amides is 1. The van der Waals surface area contributed by atoms with Gasteiger partial charge in [-0.3, -0.25) is 28.9 Å².